The highest BCUT2D eigenvalue weighted by Gasteiger charge is 2.20. The van der Waals surface area contributed by atoms with Crippen LogP contribution < -0.4 is 0 Å². The zero-order valence-electron chi connectivity index (χ0n) is 11.4. The molecule has 0 saturated heterocycles. The summed E-state index contributed by atoms with van der Waals surface area (Å²) >= 11 is 5.93. The molecule has 0 aliphatic heterocycles. The highest BCUT2D eigenvalue weighted by molar-refractivity contribution is 6.34. The number of nitro benzene ring substituents is 1. The molecule has 0 radical (unpaired) electrons. The average Bonchev–Trinajstić information content (AvgIpc) is 2.46. The SMILES string of the molecule is COCCN(CCC#N)C(=O)c1ccc([N+](=O)[O-])cc1Cl. The number of hydrogen-bond acceptors (Lipinski definition) is 5. The van der Waals surface area contributed by atoms with Gasteiger partial charge in [0.25, 0.3) is 11.6 Å². The fourth-order valence-electron chi connectivity index (χ4n) is 1.66. The Hall–Kier alpha value is -2.17. The molecule has 0 saturated carbocycles. The van der Waals surface area contributed by atoms with E-state index in [9.17, 15) is 14.9 Å². The summed E-state index contributed by atoms with van der Waals surface area (Å²) in [6.07, 6.45) is 0.181. The van der Waals surface area contributed by atoms with Gasteiger partial charge in [-0.05, 0) is 6.07 Å². The molecule has 0 N–H and O–H groups in total. The zero-order valence-corrected chi connectivity index (χ0v) is 12.2. The van der Waals surface area contributed by atoms with Gasteiger partial charge in [0.1, 0.15) is 0 Å². The topological polar surface area (TPSA) is 96.5 Å². The van der Waals surface area contributed by atoms with Crippen LogP contribution in [0.25, 0.3) is 0 Å². The summed E-state index contributed by atoms with van der Waals surface area (Å²) in [4.78, 5) is 23.9. The van der Waals surface area contributed by atoms with Gasteiger partial charge in [-0.15, -0.1) is 0 Å². The van der Waals surface area contributed by atoms with E-state index in [4.69, 9.17) is 21.6 Å². The second kappa shape index (κ2) is 8.19. The lowest BCUT2D eigenvalue weighted by Crippen LogP contribution is -2.34. The van der Waals surface area contributed by atoms with E-state index in [1.54, 1.807) is 0 Å². The van der Waals surface area contributed by atoms with Gasteiger partial charge in [-0.25, -0.2) is 0 Å². The van der Waals surface area contributed by atoms with Gasteiger partial charge >= 0.3 is 0 Å². The summed E-state index contributed by atoms with van der Waals surface area (Å²) in [6.45, 7) is 0.873. The number of amides is 1. The first-order chi connectivity index (χ1) is 10.0. The fraction of sp³-hybridized carbons (Fsp3) is 0.385. The maximum atomic E-state index is 12.4. The fourth-order valence-corrected chi connectivity index (χ4v) is 1.92. The Balaban J connectivity index is 2.97. The zero-order chi connectivity index (χ0) is 15.8. The summed E-state index contributed by atoms with van der Waals surface area (Å²) in [5, 5.41) is 19.3. The van der Waals surface area contributed by atoms with E-state index in [1.165, 1.54) is 24.1 Å². The maximum Gasteiger partial charge on any atom is 0.270 e. The Bertz CT molecular complexity index is 571. The highest BCUT2D eigenvalue weighted by atomic mass is 35.5. The van der Waals surface area contributed by atoms with Gasteiger partial charge in [0, 0.05) is 32.3 Å². The first-order valence-corrected chi connectivity index (χ1v) is 6.48. The number of non-ortho nitro benzene ring substituents is 1. The highest BCUT2D eigenvalue weighted by Crippen LogP contribution is 2.23. The molecule has 8 heteroatoms. The third-order valence-electron chi connectivity index (χ3n) is 2.74. The Morgan fingerprint density at radius 2 is 2.24 bits per heavy atom. The van der Waals surface area contributed by atoms with Crippen LogP contribution >= 0.6 is 11.6 Å². The van der Waals surface area contributed by atoms with Crippen molar-refractivity contribution in [2.24, 2.45) is 0 Å². The molecule has 112 valence electrons. The van der Waals surface area contributed by atoms with Crippen molar-refractivity contribution < 1.29 is 14.5 Å². The van der Waals surface area contributed by atoms with Crippen LogP contribution in [-0.2, 0) is 4.74 Å². The molecule has 1 rings (SSSR count). The number of nitrogens with zero attached hydrogens (tertiary/aromatic N) is 3. The van der Waals surface area contributed by atoms with E-state index in [-0.39, 0.29) is 35.1 Å². The van der Waals surface area contributed by atoms with Gasteiger partial charge in [0.2, 0.25) is 0 Å². The summed E-state index contributed by atoms with van der Waals surface area (Å²) < 4.78 is 4.92. The molecule has 21 heavy (non-hydrogen) atoms. The minimum Gasteiger partial charge on any atom is -0.383 e. The molecule has 0 aliphatic carbocycles. The Morgan fingerprint density at radius 1 is 1.52 bits per heavy atom. The summed E-state index contributed by atoms with van der Waals surface area (Å²) in [5.74, 6) is -0.387. The number of nitriles is 1. The summed E-state index contributed by atoms with van der Waals surface area (Å²) in [5.41, 5.74) is -0.0201. The van der Waals surface area contributed by atoms with Gasteiger partial charge in [0.05, 0.1) is 34.6 Å². The van der Waals surface area contributed by atoms with Crippen LogP contribution in [0, 0.1) is 21.4 Å². The van der Waals surface area contributed by atoms with Gasteiger partial charge in [-0.2, -0.15) is 5.26 Å². The molecule has 0 fully saturated rings. The minimum absolute atomic E-state index is 0.00794. The van der Waals surface area contributed by atoms with Crippen LogP contribution in [0.4, 0.5) is 5.69 Å². The Kier molecular flexibility index (Phi) is 6.59. The van der Waals surface area contributed by atoms with Crippen molar-refractivity contribution in [2.45, 2.75) is 6.42 Å². The second-order valence-electron chi connectivity index (χ2n) is 4.11. The van der Waals surface area contributed by atoms with Gasteiger partial charge in [0.15, 0.2) is 0 Å². The van der Waals surface area contributed by atoms with Crippen LogP contribution in [0.5, 0.6) is 0 Å². The van der Waals surface area contributed by atoms with Gasteiger partial charge in [-0.3, -0.25) is 14.9 Å². The number of nitro groups is 1. The number of carbonyl (C=O) groups is 1. The van der Waals surface area contributed by atoms with Gasteiger partial charge < -0.3 is 9.64 Å². The number of halogens is 1. The standard InChI is InChI=1S/C13H14ClN3O4/c1-21-8-7-16(6-2-5-15)13(18)11-4-3-10(17(19)20)9-12(11)14/h3-4,9H,2,6-8H2,1H3. The Morgan fingerprint density at radius 3 is 2.76 bits per heavy atom. The van der Waals surface area contributed by atoms with Crippen molar-refractivity contribution >= 4 is 23.2 Å². The maximum absolute atomic E-state index is 12.4. The molecule has 7 nitrogen and oxygen atoms in total. The summed E-state index contributed by atoms with van der Waals surface area (Å²) in [7, 11) is 1.51. The number of benzene rings is 1. The number of ether oxygens (including phenoxy) is 1. The number of methoxy groups -OCH3 is 1. The molecule has 0 bridgehead atoms. The molecule has 0 atom stereocenters. The normalized spacial score (nSPS) is 9.95. The van der Waals surface area contributed by atoms with Crippen molar-refractivity contribution in [3.05, 3.63) is 38.9 Å². The molecule has 0 aliphatic rings. The first kappa shape index (κ1) is 16.9. The Labute approximate surface area is 126 Å². The van der Waals surface area contributed by atoms with E-state index >= 15 is 0 Å². The van der Waals surface area contributed by atoms with Gasteiger partial charge in [-0.1, -0.05) is 11.6 Å². The predicted octanol–water partition coefficient (Wildman–Crippen LogP) is 2.25. The van der Waals surface area contributed by atoms with Crippen LogP contribution in [0.1, 0.15) is 16.8 Å². The lowest BCUT2D eigenvalue weighted by Gasteiger charge is -2.21. The van der Waals surface area contributed by atoms with Crippen LogP contribution in [-0.4, -0.2) is 42.5 Å². The molecule has 0 aromatic heterocycles. The van der Waals surface area contributed by atoms with Crippen molar-refractivity contribution in [1.29, 1.82) is 5.26 Å². The number of rotatable bonds is 7. The lowest BCUT2D eigenvalue weighted by atomic mass is 10.1. The quantitative estimate of drug-likeness (QED) is 0.568. The monoisotopic (exact) mass is 311 g/mol. The molecule has 1 amide bonds. The lowest BCUT2D eigenvalue weighted by molar-refractivity contribution is -0.384. The first-order valence-electron chi connectivity index (χ1n) is 6.10. The van der Waals surface area contributed by atoms with E-state index in [0.717, 1.165) is 6.07 Å². The van der Waals surface area contributed by atoms with E-state index in [2.05, 4.69) is 0 Å². The second-order valence-corrected chi connectivity index (χ2v) is 4.52. The minimum atomic E-state index is -0.585. The van der Waals surface area contributed by atoms with E-state index < -0.39 is 4.92 Å². The largest absolute Gasteiger partial charge is 0.383 e. The van der Waals surface area contributed by atoms with Crippen LogP contribution in [0.2, 0.25) is 5.02 Å². The molecule has 0 heterocycles. The molecule has 0 spiro atoms. The van der Waals surface area contributed by atoms with E-state index in [0.29, 0.717) is 13.2 Å². The summed E-state index contributed by atoms with van der Waals surface area (Å²) in [6, 6.07) is 5.63. The molecule has 0 unspecified atom stereocenters. The molecular weight excluding hydrogens is 298 g/mol. The van der Waals surface area contributed by atoms with Crippen molar-refractivity contribution in [3.63, 3.8) is 0 Å². The molecule has 1 aromatic rings. The van der Waals surface area contributed by atoms with Crippen molar-refractivity contribution in [1.82, 2.24) is 4.90 Å². The predicted molar refractivity (Wildman–Crippen MR) is 76.1 cm³/mol. The van der Waals surface area contributed by atoms with Crippen LogP contribution in [0.3, 0.4) is 0 Å². The third-order valence-corrected chi connectivity index (χ3v) is 3.05. The average molecular weight is 312 g/mol. The molecule has 1 aromatic carbocycles. The number of hydrogen-bond donors (Lipinski definition) is 0. The van der Waals surface area contributed by atoms with E-state index in [1.807, 2.05) is 6.07 Å². The number of carbonyl (C=O) groups excluding carboxylic acids is 1. The van der Waals surface area contributed by atoms with Crippen LogP contribution in [0.15, 0.2) is 18.2 Å². The molecular formula is C13H14ClN3O4. The third kappa shape index (κ3) is 4.70. The smallest absolute Gasteiger partial charge is 0.270 e. The van der Waals surface area contributed by atoms with Crippen molar-refractivity contribution in [2.75, 3.05) is 26.8 Å². The van der Waals surface area contributed by atoms with Crippen molar-refractivity contribution in [3.8, 4) is 6.07 Å².